The molecule has 0 aliphatic rings. The Morgan fingerprint density at radius 2 is 1.91 bits per heavy atom. The summed E-state index contributed by atoms with van der Waals surface area (Å²) in [5.41, 5.74) is 12.4. The van der Waals surface area contributed by atoms with E-state index < -0.39 is 0 Å². The maximum atomic E-state index is 9.52. The fourth-order valence-corrected chi connectivity index (χ4v) is 2.54. The Kier molecular flexibility index (Phi) is 5.68. The smallest absolute Gasteiger partial charge is 0.305 e. The van der Waals surface area contributed by atoms with Crippen molar-refractivity contribution >= 4 is 26.5 Å². The molecule has 0 aliphatic carbocycles. The molecule has 110 valence electrons. The van der Waals surface area contributed by atoms with E-state index >= 15 is 0 Å². The summed E-state index contributed by atoms with van der Waals surface area (Å²) in [4.78, 5) is 0. The summed E-state index contributed by atoms with van der Waals surface area (Å²) in [5.74, 6) is 0. The van der Waals surface area contributed by atoms with Gasteiger partial charge >= 0.3 is 7.48 Å². The van der Waals surface area contributed by atoms with E-state index in [4.69, 9.17) is 5.73 Å². The molecule has 0 bridgehead atoms. The maximum absolute atomic E-state index is 9.52. The van der Waals surface area contributed by atoms with Crippen molar-refractivity contribution in [1.82, 2.24) is 0 Å². The standard InChI is InChI=1S/C18H21B2NO/c1-2-3-8-14(19)12-13-7-6-10-16(18(13)21)15-9-4-5-11-17(15)20-22/h2-11,20,22H,12,19,21H2,1H3/b3-2-,14-8+. The summed E-state index contributed by atoms with van der Waals surface area (Å²) in [6.07, 6.45) is 6.98. The van der Waals surface area contributed by atoms with E-state index in [1.54, 1.807) is 0 Å². The Hall–Kier alpha value is -2.19. The van der Waals surface area contributed by atoms with E-state index in [9.17, 15) is 5.02 Å². The summed E-state index contributed by atoms with van der Waals surface area (Å²) in [6.45, 7) is 2.00. The van der Waals surface area contributed by atoms with E-state index in [2.05, 4.69) is 20.0 Å². The molecule has 2 aromatic rings. The second-order valence-electron chi connectivity index (χ2n) is 5.41. The van der Waals surface area contributed by atoms with Crippen LogP contribution in [0.3, 0.4) is 0 Å². The third-order valence-electron chi connectivity index (χ3n) is 3.72. The average Bonchev–Trinajstić information content (AvgIpc) is 2.55. The number of hydrogen-bond acceptors (Lipinski definition) is 2. The number of anilines is 1. The van der Waals surface area contributed by atoms with E-state index in [0.29, 0.717) is 0 Å². The quantitative estimate of drug-likeness (QED) is 0.498. The molecule has 4 heteroatoms. The van der Waals surface area contributed by atoms with Crippen LogP contribution in [0, 0.1) is 0 Å². The SMILES string of the molecule is B/C(=C/C=C\C)Cc1cccc(-c2ccccc2BO)c1N. The molecule has 0 amide bonds. The first kappa shape index (κ1) is 16.2. The fraction of sp³-hybridized carbons (Fsp3) is 0.111. The van der Waals surface area contributed by atoms with Gasteiger partial charge in [-0.3, -0.25) is 0 Å². The number of allylic oxidation sites excluding steroid dienone is 4. The highest BCUT2D eigenvalue weighted by molar-refractivity contribution is 6.48. The molecule has 0 fully saturated rings. The molecule has 0 heterocycles. The third kappa shape index (κ3) is 3.71. The van der Waals surface area contributed by atoms with Gasteiger partial charge in [0.2, 0.25) is 0 Å². The van der Waals surface area contributed by atoms with Gasteiger partial charge in [-0.15, -0.1) is 5.47 Å². The normalized spacial score (nSPS) is 11.8. The molecular weight excluding hydrogens is 268 g/mol. The number of para-hydroxylation sites is 1. The number of nitrogens with two attached hydrogens (primary N) is 1. The van der Waals surface area contributed by atoms with Gasteiger partial charge in [-0.1, -0.05) is 60.7 Å². The molecule has 3 N–H and O–H groups in total. The van der Waals surface area contributed by atoms with Crippen LogP contribution in [-0.2, 0) is 6.42 Å². The van der Waals surface area contributed by atoms with E-state index in [-0.39, 0.29) is 7.48 Å². The van der Waals surface area contributed by atoms with Crippen LogP contribution in [0.15, 0.2) is 66.2 Å². The first-order chi connectivity index (χ1) is 10.7. The predicted molar refractivity (Wildman–Crippen MR) is 100 cm³/mol. The van der Waals surface area contributed by atoms with E-state index in [1.807, 2.05) is 55.5 Å². The van der Waals surface area contributed by atoms with Crippen molar-refractivity contribution in [3.63, 3.8) is 0 Å². The Bertz CT molecular complexity index is 708. The van der Waals surface area contributed by atoms with Crippen molar-refractivity contribution in [3.8, 4) is 11.1 Å². The van der Waals surface area contributed by atoms with Gasteiger partial charge in [-0.25, -0.2) is 0 Å². The van der Waals surface area contributed by atoms with Crippen LogP contribution in [-0.4, -0.2) is 20.4 Å². The zero-order valence-corrected chi connectivity index (χ0v) is 13.2. The van der Waals surface area contributed by atoms with Crippen molar-refractivity contribution in [3.05, 3.63) is 71.7 Å². The highest BCUT2D eigenvalue weighted by atomic mass is 16.2. The Labute approximate surface area is 134 Å². The van der Waals surface area contributed by atoms with Crippen molar-refractivity contribution in [1.29, 1.82) is 0 Å². The molecule has 0 saturated heterocycles. The molecule has 0 aromatic heterocycles. The van der Waals surface area contributed by atoms with Gasteiger partial charge in [-0.05, 0) is 29.9 Å². The summed E-state index contributed by atoms with van der Waals surface area (Å²) in [7, 11) is 2.12. The number of benzene rings is 2. The molecular formula is C18H21B2NO. The lowest BCUT2D eigenvalue weighted by Crippen LogP contribution is -2.16. The lowest BCUT2D eigenvalue weighted by Gasteiger charge is -2.14. The Balaban J connectivity index is 2.42. The van der Waals surface area contributed by atoms with Crippen LogP contribution in [0.2, 0.25) is 0 Å². The molecule has 0 aliphatic heterocycles. The van der Waals surface area contributed by atoms with Gasteiger partial charge in [0.05, 0.1) is 0 Å². The minimum Gasteiger partial charge on any atom is -0.449 e. The summed E-state index contributed by atoms with van der Waals surface area (Å²) < 4.78 is 0. The first-order valence-corrected chi connectivity index (χ1v) is 7.52. The molecule has 0 spiro atoms. The largest absolute Gasteiger partial charge is 0.449 e. The van der Waals surface area contributed by atoms with Crippen LogP contribution in [0.4, 0.5) is 5.69 Å². The molecule has 2 rings (SSSR count). The lowest BCUT2D eigenvalue weighted by atomic mass is 9.80. The highest BCUT2D eigenvalue weighted by Gasteiger charge is 2.10. The first-order valence-electron chi connectivity index (χ1n) is 7.52. The van der Waals surface area contributed by atoms with Gasteiger partial charge in [0.25, 0.3) is 0 Å². The van der Waals surface area contributed by atoms with Crippen molar-refractivity contribution in [2.75, 3.05) is 5.73 Å². The molecule has 0 atom stereocenters. The molecule has 22 heavy (non-hydrogen) atoms. The van der Waals surface area contributed by atoms with Crippen molar-refractivity contribution in [2.45, 2.75) is 13.3 Å². The topological polar surface area (TPSA) is 46.2 Å². The number of nitrogen functional groups attached to an aromatic ring is 1. The van der Waals surface area contributed by atoms with Gasteiger partial charge in [0, 0.05) is 11.3 Å². The van der Waals surface area contributed by atoms with Gasteiger partial charge in [-0.2, -0.15) is 0 Å². The average molecular weight is 289 g/mol. The third-order valence-corrected chi connectivity index (χ3v) is 3.72. The molecule has 0 saturated carbocycles. The highest BCUT2D eigenvalue weighted by Crippen LogP contribution is 2.28. The molecule has 0 radical (unpaired) electrons. The van der Waals surface area contributed by atoms with E-state index in [1.165, 1.54) is 5.47 Å². The summed E-state index contributed by atoms with van der Waals surface area (Å²) >= 11 is 0. The van der Waals surface area contributed by atoms with Crippen LogP contribution >= 0.6 is 0 Å². The van der Waals surface area contributed by atoms with Crippen LogP contribution in [0.25, 0.3) is 11.1 Å². The summed E-state index contributed by atoms with van der Waals surface area (Å²) in [5, 5.41) is 9.52. The van der Waals surface area contributed by atoms with Gasteiger partial charge < -0.3 is 10.8 Å². The second-order valence-corrected chi connectivity index (χ2v) is 5.41. The van der Waals surface area contributed by atoms with Crippen LogP contribution in [0.1, 0.15) is 12.5 Å². The Morgan fingerprint density at radius 1 is 1.18 bits per heavy atom. The molecule has 2 aromatic carbocycles. The minimum absolute atomic E-state index is 0.0140. The minimum atomic E-state index is 0.0140. The number of hydrogen-bond donors (Lipinski definition) is 2. The maximum Gasteiger partial charge on any atom is 0.305 e. The predicted octanol–water partition coefficient (Wildman–Crippen LogP) is 1.54. The van der Waals surface area contributed by atoms with Crippen molar-refractivity contribution in [2.24, 2.45) is 0 Å². The van der Waals surface area contributed by atoms with Crippen LogP contribution in [0.5, 0.6) is 0 Å². The molecule has 2 nitrogen and oxygen atoms in total. The summed E-state index contributed by atoms with van der Waals surface area (Å²) in [6, 6.07) is 13.9. The molecule has 0 unspecified atom stereocenters. The zero-order chi connectivity index (χ0) is 15.9. The van der Waals surface area contributed by atoms with Gasteiger partial charge in [0.1, 0.15) is 7.85 Å². The van der Waals surface area contributed by atoms with Gasteiger partial charge in [0.15, 0.2) is 0 Å². The van der Waals surface area contributed by atoms with Crippen LogP contribution < -0.4 is 11.2 Å². The lowest BCUT2D eigenvalue weighted by molar-refractivity contribution is 0.615. The van der Waals surface area contributed by atoms with Crippen molar-refractivity contribution < 1.29 is 5.02 Å². The fourth-order valence-electron chi connectivity index (χ4n) is 2.54. The zero-order valence-electron chi connectivity index (χ0n) is 13.2. The Morgan fingerprint density at radius 3 is 2.64 bits per heavy atom. The monoisotopic (exact) mass is 289 g/mol. The second kappa shape index (κ2) is 7.71. The number of rotatable bonds is 5. The van der Waals surface area contributed by atoms with E-state index in [0.717, 1.165) is 34.3 Å².